The van der Waals surface area contributed by atoms with Gasteiger partial charge in [-0.2, -0.15) is 13.2 Å². The van der Waals surface area contributed by atoms with Crippen molar-refractivity contribution >= 4 is 46.6 Å². The number of carbonyl (C=O) groups excluding carboxylic acids is 2. The van der Waals surface area contributed by atoms with E-state index in [0.29, 0.717) is 16.6 Å². The number of hydrogen-bond donors (Lipinski definition) is 0. The first-order valence-corrected chi connectivity index (χ1v) is 14.7. The highest BCUT2D eigenvalue weighted by Gasteiger charge is 2.43. The number of amides is 2. The van der Waals surface area contributed by atoms with Crippen LogP contribution in [-0.2, 0) is 11.0 Å². The lowest BCUT2D eigenvalue weighted by Gasteiger charge is -2.33. The second-order valence-electron chi connectivity index (χ2n) is 11.2. The van der Waals surface area contributed by atoms with Crippen LogP contribution >= 0.6 is 34.8 Å². The minimum absolute atomic E-state index is 0.0605. The Morgan fingerprint density at radius 3 is 2.23 bits per heavy atom. The molecule has 2 aliphatic heterocycles. The quantitative estimate of drug-likeness (QED) is 0.357. The Morgan fingerprint density at radius 1 is 0.925 bits per heavy atom. The summed E-state index contributed by atoms with van der Waals surface area (Å²) in [7, 11) is 1.56. The van der Waals surface area contributed by atoms with Crippen molar-refractivity contribution in [2.45, 2.75) is 43.8 Å². The van der Waals surface area contributed by atoms with Gasteiger partial charge in [0.15, 0.2) is 0 Å². The summed E-state index contributed by atoms with van der Waals surface area (Å²) in [6.45, 7) is 3.55. The van der Waals surface area contributed by atoms with Crippen molar-refractivity contribution in [1.82, 2.24) is 14.7 Å². The van der Waals surface area contributed by atoms with Crippen molar-refractivity contribution in [1.29, 1.82) is 0 Å². The first kappa shape index (κ1) is 29.5. The fourth-order valence-electron chi connectivity index (χ4n) is 5.95. The molecule has 0 N–H and O–H groups in total. The summed E-state index contributed by atoms with van der Waals surface area (Å²) >= 11 is 18.2. The molecule has 2 atom stereocenters. The van der Waals surface area contributed by atoms with Gasteiger partial charge in [0.1, 0.15) is 0 Å². The Kier molecular flexibility index (Phi) is 8.63. The van der Waals surface area contributed by atoms with Crippen LogP contribution in [0.4, 0.5) is 13.2 Å². The number of likely N-dealkylation sites (N-methyl/N-ethyl adjacent to an activating group) is 1. The van der Waals surface area contributed by atoms with E-state index in [0.717, 1.165) is 56.1 Å². The first-order chi connectivity index (χ1) is 18.9. The number of halogens is 6. The molecule has 0 unspecified atom stereocenters. The van der Waals surface area contributed by atoms with Crippen molar-refractivity contribution in [3.63, 3.8) is 0 Å². The Hall–Kier alpha value is -2.00. The molecule has 0 bridgehead atoms. The Bertz CT molecular complexity index is 1280. The van der Waals surface area contributed by atoms with Gasteiger partial charge in [0.05, 0.1) is 26.7 Å². The van der Waals surface area contributed by atoms with E-state index >= 15 is 0 Å². The first-order valence-electron chi connectivity index (χ1n) is 13.5. The normalized spacial score (nSPS) is 22.5. The molecule has 2 heterocycles. The standard InChI is InChI=1S/C29H31Cl3F3N3O2/c1-36(27(39)20-5-6-23(30)22(12-20)29(33,34)35)26-16-38(15-21(26)19-4-7-24(31)25(32)13-19)28(40)18-8-10-37(11-9-18)14-17-2-3-17/h4-7,12-13,17-18,21,26H,2-3,8-11,14-16H2,1H3/t21-,26-/m1/s1. The van der Waals surface area contributed by atoms with Crippen molar-refractivity contribution in [3.05, 3.63) is 68.2 Å². The monoisotopic (exact) mass is 615 g/mol. The zero-order valence-corrected chi connectivity index (χ0v) is 24.3. The van der Waals surface area contributed by atoms with Crippen molar-refractivity contribution in [2.75, 3.05) is 39.8 Å². The van der Waals surface area contributed by atoms with Gasteiger partial charge >= 0.3 is 6.18 Å². The van der Waals surface area contributed by atoms with E-state index in [9.17, 15) is 22.8 Å². The molecule has 5 nitrogen and oxygen atoms in total. The molecule has 3 aliphatic rings. The van der Waals surface area contributed by atoms with Gasteiger partial charge in [-0.3, -0.25) is 9.59 Å². The molecule has 0 spiro atoms. The van der Waals surface area contributed by atoms with Gasteiger partial charge in [-0.1, -0.05) is 40.9 Å². The number of alkyl halides is 3. The maximum Gasteiger partial charge on any atom is 0.417 e. The number of likely N-dealkylation sites (tertiary alicyclic amines) is 2. The fraction of sp³-hybridized carbons (Fsp3) is 0.517. The fourth-order valence-corrected chi connectivity index (χ4v) is 6.48. The maximum atomic E-state index is 13.7. The van der Waals surface area contributed by atoms with Crippen LogP contribution < -0.4 is 0 Å². The maximum absolute atomic E-state index is 13.7. The number of benzene rings is 2. The highest BCUT2D eigenvalue weighted by Crippen LogP contribution is 2.38. The summed E-state index contributed by atoms with van der Waals surface area (Å²) in [5.74, 6) is -0.1000. The molecule has 0 aromatic heterocycles. The molecule has 2 saturated heterocycles. The molecule has 2 aromatic carbocycles. The van der Waals surface area contributed by atoms with E-state index in [2.05, 4.69) is 4.90 Å². The molecule has 216 valence electrons. The van der Waals surface area contributed by atoms with E-state index < -0.39 is 28.7 Å². The highest BCUT2D eigenvalue weighted by molar-refractivity contribution is 6.42. The van der Waals surface area contributed by atoms with Crippen LogP contribution in [0.15, 0.2) is 36.4 Å². The second-order valence-corrected chi connectivity index (χ2v) is 12.4. The molecular formula is C29H31Cl3F3N3O2. The van der Waals surface area contributed by atoms with Crippen molar-refractivity contribution < 1.29 is 22.8 Å². The minimum Gasteiger partial charge on any atom is -0.340 e. The van der Waals surface area contributed by atoms with E-state index in [1.165, 1.54) is 23.8 Å². The molecule has 2 amide bonds. The molecule has 2 aromatic rings. The largest absolute Gasteiger partial charge is 0.417 e. The van der Waals surface area contributed by atoms with Crippen LogP contribution in [0.3, 0.4) is 0 Å². The minimum atomic E-state index is -4.70. The zero-order valence-electron chi connectivity index (χ0n) is 22.1. The van der Waals surface area contributed by atoms with Crippen LogP contribution in [0.1, 0.15) is 53.1 Å². The Morgan fingerprint density at radius 2 is 1.60 bits per heavy atom. The summed E-state index contributed by atoms with van der Waals surface area (Å²) in [5, 5.41) is 0.268. The van der Waals surface area contributed by atoms with Gasteiger partial charge in [-0.25, -0.2) is 0 Å². The predicted octanol–water partition coefficient (Wildman–Crippen LogP) is 6.85. The van der Waals surface area contributed by atoms with E-state index in [4.69, 9.17) is 34.8 Å². The molecule has 0 radical (unpaired) electrons. The summed E-state index contributed by atoms with van der Waals surface area (Å²) in [6.07, 6.45) is -0.513. The lowest BCUT2D eigenvalue weighted by molar-refractivity contribution is -0.137. The van der Waals surface area contributed by atoms with Gasteiger partial charge in [0, 0.05) is 44.1 Å². The van der Waals surface area contributed by atoms with Gasteiger partial charge in [0.2, 0.25) is 5.91 Å². The van der Waals surface area contributed by atoms with Gasteiger partial charge in [-0.05, 0) is 80.6 Å². The van der Waals surface area contributed by atoms with Crippen LogP contribution in [0.25, 0.3) is 0 Å². The molecule has 11 heteroatoms. The molecule has 3 fully saturated rings. The third-order valence-corrected chi connectivity index (χ3v) is 9.53. The van der Waals surface area contributed by atoms with Gasteiger partial charge in [-0.15, -0.1) is 0 Å². The van der Waals surface area contributed by atoms with E-state index in [1.54, 1.807) is 24.1 Å². The summed E-state index contributed by atoms with van der Waals surface area (Å²) in [6, 6.07) is 7.90. The highest BCUT2D eigenvalue weighted by atomic mass is 35.5. The van der Waals surface area contributed by atoms with Crippen LogP contribution in [0.5, 0.6) is 0 Å². The molecule has 5 rings (SSSR count). The molecule has 40 heavy (non-hydrogen) atoms. The van der Waals surface area contributed by atoms with E-state index in [1.807, 2.05) is 6.07 Å². The summed E-state index contributed by atoms with van der Waals surface area (Å²) < 4.78 is 40.4. The third-order valence-electron chi connectivity index (χ3n) is 8.46. The predicted molar refractivity (Wildman–Crippen MR) is 150 cm³/mol. The molecule has 1 aliphatic carbocycles. The van der Waals surface area contributed by atoms with Gasteiger partial charge in [0.25, 0.3) is 5.91 Å². The van der Waals surface area contributed by atoms with Gasteiger partial charge < -0.3 is 14.7 Å². The average Bonchev–Trinajstić information content (AvgIpc) is 3.63. The number of hydrogen-bond acceptors (Lipinski definition) is 3. The Balaban J connectivity index is 1.36. The topological polar surface area (TPSA) is 43.9 Å². The number of rotatable bonds is 6. The number of nitrogens with zero attached hydrogens (tertiary/aromatic N) is 3. The summed E-state index contributed by atoms with van der Waals surface area (Å²) in [5.41, 5.74) is -0.383. The molecular weight excluding hydrogens is 586 g/mol. The average molecular weight is 617 g/mol. The van der Waals surface area contributed by atoms with Crippen LogP contribution in [0.2, 0.25) is 15.1 Å². The van der Waals surface area contributed by atoms with Crippen molar-refractivity contribution in [2.24, 2.45) is 11.8 Å². The summed E-state index contributed by atoms with van der Waals surface area (Å²) in [4.78, 5) is 32.8. The smallest absolute Gasteiger partial charge is 0.340 e. The lowest BCUT2D eigenvalue weighted by atomic mass is 9.93. The SMILES string of the molecule is CN(C(=O)c1ccc(Cl)c(C(F)(F)F)c1)[C@@H]1CN(C(=O)C2CCN(CC3CC3)CC2)C[C@@H]1c1ccc(Cl)c(Cl)c1. The second kappa shape index (κ2) is 11.7. The number of piperidine rings is 1. The van der Waals surface area contributed by atoms with Crippen LogP contribution in [-0.4, -0.2) is 72.3 Å². The molecule has 1 saturated carbocycles. The van der Waals surface area contributed by atoms with E-state index in [-0.39, 0.29) is 29.9 Å². The zero-order chi connectivity index (χ0) is 28.8. The Labute approximate surface area is 247 Å². The van der Waals surface area contributed by atoms with Crippen molar-refractivity contribution in [3.8, 4) is 0 Å². The third kappa shape index (κ3) is 6.40. The number of carbonyl (C=O) groups is 2. The van der Waals surface area contributed by atoms with Crippen LogP contribution in [0, 0.1) is 11.8 Å². The lowest BCUT2D eigenvalue weighted by Crippen LogP contribution is -2.44.